The number of benzene rings is 2. The smallest absolute Gasteiger partial charge is 0.411 e. The van der Waals surface area contributed by atoms with Gasteiger partial charge in [-0.05, 0) is 48.9 Å². The van der Waals surface area contributed by atoms with Crippen LogP contribution in [0.1, 0.15) is 17.7 Å². The van der Waals surface area contributed by atoms with Gasteiger partial charge >= 0.3 is 6.09 Å². The highest BCUT2D eigenvalue weighted by molar-refractivity contribution is 5.84. The molecule has 9 heteroatoms. The van der Waals surface area contributed by atoms with Crippen LogP contribution in [0, 0.1) is 5.92 Å². The highest BCUT2D eigenvalue weighted by atomic mass is 16.5. The van der Waals surface area contributed by atoms with Gasteiger partial charge in [0.2, 0.25) is 5.43 Å². The summed E-state index contributed by atoms with van der Waals surface area (Å²) in [6.07, 6.45) is 2.46. The molecule has 1 amide bonds. The molecule has 184 valence electrons. The second kappa shape index (κ2) is 11.6. The van der Waals surface area contributed by atoms with Gasteiger partial charge in [0, 0.05) is 56.2 Å². The molecule has 0 radical (unpaired) electrons. The lowest BCUT2D eigenvalue weighted by molar-refractivity contribution is 0.134. The van der Waals surface area contributed by atoms with Crippen molar-refractivity contribution in [3.63, 3.8) is 0 Å². The number of carbonyl (C=O) groups excluding carboxylic acids is 1. The molecule has 9 nitrogen and oxygen atoms in total. The van der Waals surface area contributed by atoms with Crippen LogP contribution >= 0.6 is 0 Å². The number of nitrogens with zero attached hydrogens (tertiary/aromatic N) is 3. The summed E-state index contributed by atoms with van der Waals surface area (Å²) < 4.78 is 12.2. The average molecular weight is 478 g/mol. The second-order valence-corrected chi connectivity index (χ2v) is 8.71. The van der Waals surface area contributed by atoms with Gasteiger partial charge in [-0.3, -0.25) is 10.1 Å². The van der Waals surface area contributed by atoms with Gasteiger partial charge in [-0.2, -0.15) is 5.10 Å². The van der Waals surface area contributed by atoms with Crippen LogP contribution in [0.25, 0.3) is 5.69 Å². The van der Waals surface area contributed by atoms with E-state index in [0.29, 0.717) is 42.6 Å². The van der Waals surface area contributed by atoms with Gasteiger partial charge in [-0.1, -0.05) is 18.2 Å². The van der Waals surface area contributed by atoms with Crippen molar-refractivity contribution in [2.75, 3.05) is 51.0 Å². The van der Waals surface area contributed by atoms with Gasteiger partial charge in [0.05, 0.1) is 18.9 Å². The summed E-state index contributed by atoms with van der Waals surface area (Å²) in [6.45, 7) is 3.88. The number of anilines is 2. The lowest BCUT2D eigenvalue weighted by Gasteiger charge is -2.15. The van der Waals surface area contributed by atoms with Crippen molar-refractivity contribution in [2.45, 2.75) is 12.8 Å². The van der Waals surface area contributed by atoms with Crippen molar-refractivity contribution in [2.24, 2.45) is 5.92 Å². The Bertz CT molecular complexity index is 1210. The van der Waals surface area contributed by atoms with Crippen LogP contribution < -0.4 is 16.5 Å². The third-order valence-electron chi connectivity index (χ3n) is 5.99. The molecule has 2 heterocycles. The van der Waals surface area contributed by atoms with Gasteiger partial charge in [0.15, 0.2) is 0 Å². The number of ether oxygens (including phenoxy) is 2. The summed E-state index contributed by atoms with van der Waals surface area (Å²) in [5.41, 5.74) is 8.96. The van der Waals surface area contributed by atoms with Crippen LogP contribution in [-0.4, -0.2) is 60.7 Å². The average Bonchev–Trinajstić information content (AvgIpc) is 3.31. The monoisotopic (exact) mass is 477 g/mol. The fourth-order valence-electron chi connectivity index (χ4n) is 4.15. The number of hydrogen-bond acceptors (Lipinski definition) is 7. The predicted molar refractivity (Wildman–Crippen MR) is 135 cm³/mol. The van der Waals surface area contributed by atoms with Crippen molar-refractivity contribution in [3.8, 4) is 5.69 Å². The summed E-state index contributed by atoms with van der Waals surface area (Å²) in [5.74, 6) is 0.329. The molecule has 1 atom stereocenters. The lowest BCUT2D eigenvalue weighted by Crippen LogP contribution is -2.26. The Morgan fingerprint density at radius 2 is 2.06 bits per heavy atom. The van der Waals surface area contributed by atoms with Crippen molar-refractivity contribution in [1.82, 2.24) is 14.7 Å². The molecule has 0 bridgehead atoms. The summed E-state index contributed by atoms with van der Waals surface area (Å²) in [6, 6.07) is 16.1. The Kier molecular flexibility index (Phi) is 8.12. The molecule has 0 saturated carbocycles. The van der Waals surface area contributed by atoms with Crippen molar-refractivity contribution >= 4 is 17.5 Å². The van der Waals surface area contributed by atoms with Crippen LogP contribution in [0.4, 0.5) is 16.2 Å². The number of nitrogens with two attached hydrogens (primary N) is 1. The minimum Gasteiger partial charge on any atom is -0.449 e. The number of rotatable bonds is 9. The normalized spacial score (nSPS) is 15.7. The molecule has 1 unspecified atom stereocenters. The van der Waals surface area contributed by atoms with Crippen molar-refractivity contribution < 1.29 is 14.3 Å². The highest BCUT2D eigenvalue weighted by Gasteiger charge is 2.23. The molecule has 3 aromatic rings. The largest absolute Gasteiger partial charge is 0.449 e. The molecule has 1 saturated heterocycles. The quantitative estimate of drug-likeness (QED) is 0.456. The molecule has 1 fully saturated rings. The molecular formula is C26H31N5O4. The number of nitrogens with one attached hydrogen (secondary N) is 1. The molecule has 0 spiro atoms. The van der Waals surface area contributed by atoms with Crippen molar-refractivity contribution in [1.29, 1.82) is 0 Å². The number of methoxy groups -OCH3 is 1. The van der Waals surface area contributed by atoms with E-state index < -0.39 is 6.09 Å². The number of aromatic nitrogens is 2. The predicted octanol–water partition coefficient (Wildman–Crippen LogP) is 2.92. The maximum atomic E-state index is 12.4. The molecule has 35 heavy (non-hydrogen) atoms. The van der Waals surface area contributed by atoms with E-state index in [0.717, 1.165) is 37.3 Å². The molecule has 2 aromatic carbocycles. The van der Waals surface area contributed by atoms with Crippen LogP contribution in [-0.2, 0) is 15.9 Å². The van der Waals surface area contributed by atoms with Crippen LogP contribution in [0.2, 0.25) is 0 Å². The van der Waals surface area contributed by atoms with Gasteiger partial charge in [-0.25, -0.2) is 9.48 Å². The first kappa shape index (κ1) is 24.4. The van der Waals surface area contributed by atoms with Crippen LogP contribution in [0.3, 0.4) is 0 Å². The maximum Gasteiger partial charge on any atom is 0.411 e. The number of nitrogen functional groups attached to an aromatic ring is 1. The summed E-state index contributed by atoms with van der Waals surface area (Å²) in [4.78, 5) is 27.1. The molecule has 3 N–H and O–H groups in total. The Labute approximate surface area is 204 Å². The van der Waals surface area contributed by atoms with Gasteiger partial charge in [0.25, 0.3) is 0 Å². The molecule has 0 aliphatic carbocycles. The van der Waals surface area contributed by atoms with Gasteiger partial charge in [-0.15, -0.1) is 0 Å². The van der Waals surface area contributed by atoms with E-state index in [-0.39, 0.29) is 5.43 Å². The van der Waals surface area contributed by atoms with E-state index in [1.165, 1.54) is 6.07 Å². The number of likely N-dealkylation sites (tertiary alicyclic amines) is 1. The third-order valence-corrected chi connectivity index (χ3v) is 5.99. The van der Waals surface area contributed by atoms with Crippen LogP contribution in [0.15, 0.2) is 65.6 Å². The fourth-order valence-corrected chi connectivity index (χ4v) is 4.15. The van der Waals surface area contributed by atoms with E-state index >= 15 is 0 Å². The summed E-state index contributed by atoms with van der Waals surface area (Å²) in [7, 11) is 1.70. The van der Waals surface area contributed by atoms with Gasteiger partial charge < -0.3 is 20.1 Å². The zero-order chi connectivity index (χ0) is 24.6. The molecule has 1 aromatic heterocycles. The molecule has 1 aliphatic rings. The first-order chi connectivity index (χ1) is 17.0. The van der Waals surface area contributed by atoms with Crippen molar-refractivity contribution in [3.05, 3.63) is 82.3 Å². The van der Waals surface area contributed by atoms with Crippen LogP contribution in [0.5, 0.6) is 0 Å². The first-order valence-electron chi connectivity index (χ1n) is 11.7. The topological polar surface area (TPSA) is 112 Å². The first-order valence-corrected chi connectivity index (χ1v) is 11.7. The molecular weight excluding hydrogens is 446 g/mol. The van der Waals surface area contributed by atoms with E-state index in [9.17, 15) is 9.59 Å². The Morgan fingerprint density at radius 3 is 2.89 bits per heavy atom. The number of hydrogen-bond donors (Lipinski definition) is 2. The Morgan fingerprint density at radius 1 is 1.20 bits per heavy atom. The Balaban J connectivity index is 1.34. The Hall–Kier alpha value is -3.69. The SMILES string of the molecule is COCCN1CCC(COC(=O)Nc2cccc(Cc3nn(-c4cccc(N)c4)ccc3=O)c2)C1. The van der Waals surface area contributed by atoms with E-state index in [2.05, 4.69) is 15.3 Å². The zero-order valence-corrected chi connectivity index (χ0v) is 19.9. The zero-order valence-electron chi connectivity index (χ0n) is 19.9. The third kappa shape index (κ3) is 6.91. The standard InChI is InChI=1S/C26H31N5O4/c1-34-13-12-30-10-8-20(17-30)18-35-26(33)28-22-6-2-4-19(14-22)15-24-25(32)9-11-31(29-24)23-7-3-5-21(27)16-23/h2-7,9,11,14,16,20H,8,10,12-13,15,17-18,27H2,1H3,(H,28,33). The summed E-state index contributed by atoms with van der Waals surface area (Å²) >= 11 is 0. The fraction of sp³-hybridized carbons (Fsp3) is 0.346. The van der Waals surface area contributed by atoms with E-state index in [1.807, 2.05) is 30.3 Å². The molecule has 1 aliphatic heterocycles. The molecule has 4 rings (SSSR count). The summed E-state index contributed by atoms with van der Waals surface area (Å²) in [5, 5.41) is 7.28. The lowest BCUT2D eigenvalue weighted by atomic mass is 10.1. The minimum atomic E-state index is -0.487. The second-order valence-electron chi connectivity index (χ2n) is 8.71. The van der Waals surface area contributed by atoms with Gasteiger partial charge in [0.1, 0.15) is 5.69 Å². The number of amides is 1. The maximum absolute atomic E-state index is 12.4. The number of carbonyl (C=O) groups is 1. The highest BCUT2D eigenvalue weighted by Crippen LogP contribution is 2.18. The van der Waals surface area contributed by atoms with E-state index in [1.54, 1.807) is 36.2 Å². The van der Waals surface area contributed by atoms with E-state index in [4.69, 9.17) is 15.2 Å². The minimum absolute atomic E-state index is 0.154.